The van der Waals surface area contributed by atoms with Gasteiger partial charge in [-0.25, -0.2) is 0 Å². The van der Waals surface area contributed by atoms with E-state index in [9.17, 15) is 19.2 Å². The van der Waals surface area contributed by atoms with E-state index in [1.54, 1.807) is 0 Å². The van der Waals surface area contributed by atoms with Crippen molar-refractivity contribution in [2.75, 3.05) is 25.4 Å². The summed E-state index contributed by atoms with van der Waals surface area (Å²) in [5.41, 5.74) is 4.94. The van der Waals surface area contributed by atoms with Gasteiger partial charge < -0.3 is 42.1 Å². The molecule has 0 unspecified atom stereocenters. The number of carboxylic acids is 4. The van der Waals surface area contributed by atoms with Gasteiger partial charge in [-0.15, -0.1) is 0 Å². The van der Waals surface area contributed by atoms with Crippen LogP contribution in [0.4, 0.5) is 0 Å². The van der Waals surface area contributed by atoms with Crippen LogP contribution in [-0.4, -0.2) is 93.9 Å². The summed E-state index contributed by atoms with van der Waals surface area (Å²) in [6.45, 7) is 2.57. The lowest BCUT2D eigenvalue weighted by Crippen LogP contribution is -2.31. The average Bonchev–Trinajstić information content (AvgIpc) is 3.51. The molecule has 0 aliphatic carbocycles. The lowest BCUT2D eigenvalue weighted by atomic mass is 10.2. The summed E-state index contributed by atoms with van der Waals surface area (Å²) in [5.74, 6) is -2.97. The molecule has 3 aliphatic rings. The Labute approximate surface area is 186 Å². The summed E-state index contributed by atoms with van der Waals surface area (Å²) >= 11 is 3.65. The van der Waals surface area contributed by atoms with Crippen molar-refractivity contribution < 1.29 is 39.6 Å². The minimum atomic E-state index is -1.00. The van der Waals surface area contributed by atoms with E-state index in [-0.39, 0.29) is 23.9 Å². The van der Waals surface area contributed by atoms with Crippen LogP contribution in [0.1, 0.15) is 38.5 Å². The standard InChI is InChI=1S/3C5H9NO2.C3H7NO2S/c3*7-5(8)4-2-1-3-6-4;4-2(1-7)3(5)6/h3*4,6H,1-3H2,(H,7,8);2,7H,1,4H2,(H,5,6)/t3*4-;2-/m0000/s1. The third-order valence-electron chi connectivity index (χ3n) is 4.59. The van der Waals surface area contributed by atoms with Crippen LogP contribution in [0.3, 0.4) is 0 Å². The molecule has 180 valence electrons. The quantitative estimate of drug-likeness (QED) is 0.219. The van der Waals surface area contributed by atoms with Crippen molar-refractivity contribution >= 4 is 36.5 Å². The van der Waals surface area contributed by atoms with Gasteiger partial charge in [0.1, 0.15) is 24.2 Å². The van der Waals surface area contributed by atoms with E-state index in [1.807, 2.05) is 0 Å². The number of nitrogens with two attached hydrogens (primary N) is 1. The number of hydrogen-bond acceptors (Lipinski definition) is 9. The Morgan fingerprint density at radius 2 is 1.03 bits per heavy atom. The van der Waals surface area contributed by atoms with Crippen molar-refractivity contribution in [2.24, 2.45) is 5.73 Å². The molecule has 0 aromatic carbocycles. The number of hydrogen-bond donors (Lipinski definition) is 9. The van der Waals surface area contributed by atoms with Gasteiger partial charge in [0.05, 0.1) is 0 Å². The molecule has 9 N–H and O–H groups in total. The first-order chi connectivity index (χ1) is 14.6. The molecule has 13 heteroatoms. The maximum atomic E-state index is 10.1. The molecule has 3 heterocycles. The first-order valence-electron chi connectivity index (χ1n) is 10.1. The maximum absolute atomic E-state index is 10.1. The van der Waals surface area contributed by atoms with Crippen molar-refractivity contribution in [1.82, 2.24) is 16.0 Å². The second kappa shape index (κ2) is 16.7. The molecule has 3 rings (SSSR count). The summed E-state index contributed by atoms with van der Waals surface area (Å²) in [4.78, 5) is 40.2. The van der Waals surface area contributed by atoms with Gasteiger partial charge in [0, 0.05) is 5.75 Å². The fourth-order valence-corrected chi connectivity index (χ4v) is 2.92. The highest BCUT2D eigenvalue weighted by Gasteiger charge is 2.21. The second-order valence-electron chi connectivity index (χ2n) is 7.09. The Morgan fingerprint density at radius 3 is 1.10 bits per heavy atom. The molecule has 31 heavy (non-hydrogen) atoms. The van der Waals surface area contributed by atoms with E-state index in [2.05, 4.69) is 28.6 Å². The highest BCUT2D eigenvalue weighted by molar-refractivity contribution is 7.80. The molecule has 3 fully saturated rings. The van der Waals surface area contributed by atoms with Crippen molar-refractivity contribution in [1.29, 1.82) is 0 Å². The SMILES string of the molecule is N[C@@H](CS)C(=O)O.O=C(O)[C@@H]1CCCN1.O=C(O)[C@@H]1CCCN1.O=C(O)[C@@H]1CCCN1. The molecule has 3 saturated heterocycles. The first kappa shape index (κ1) is 29.1. The van der Waals surface area contributed by atoms with Gasteiger partial charge in [-0.2, -0.15) is 12.6 Å². The number of rotatable bonds is 5. The number of carbonyl (C=O) groups is 4. The predicted molar refractivity (Wildman–Crippen MR) is 115 cm³/mol. The molecule has 0 aromatic rings. The zero-order valence-electron chi connectivity index (χ0n) is 17.3. The molecular weight excluding hydrogens is 432 g/mol. The average molecular weight is 467 g/mol. The molecule has 0 amide bonds. The predicted octanol–water partition coefficient (Wildman–Crippen LogP) is -1.20. The van der Waals surface area contributed by atoms with Crippen LogP contribution in [0.5, 0.6) is 0 Å². The summed E-state index contributed by atoms with van der Waals surface area (Å²) in [7, 11) is 0. The van der Waals surface area contributed by atoms with Crippen LogP contribution >= 0.6 is 12.6 Å². The van der Waals surface area contributed by atoms with Crippen molar-refractivity contribution in [3.05, 3.63) is 0 Å². The Morgan fingerprint density at radius 1 is 0.742 bits per heavy atom. The van der Waals surface area contributed by atoms with Crippen LogP contribution in [0.25, 0.3) is 0 Å². The smallest absolute Gasteiger partial charge is 0.321 e. The van der Waals surface area contributed by atoms with Crippen molar-refractivity contribution in [2.45, 2.75) is 62.7 Å². The lowest BCUT2D eigenvalue weighted by Gasteiger charge is -1.99. The minimum Gasteiger partial charge on any atom is -0.480 e. The monoisotopic (exact) mass is 466 g/mol. The van der Waals surface area contributed by atoms with Crippen LogP contribution in [0, 0.1) is 0 Å². The normalized spacial score (nSPS) is 24.9. The summed E-state index contributed by atoms with van der Waals surface area (Å²) in [5, 5.41) is 41.6. The largest absolute Gasteiger partial charge is 0.480 e. The fourth-order valence-electron chi connectivity index (χ4n) is 2.76. The minimum absolute atomic E-state index is 0.190. The highest BCUT2D eigenvalue weighted by Crippen LogP contribution is 2.04. The Balaban J connectivity index is 0.000000388. The van der Waals surface area contributed by atoms with Gasteiger partial charge in [-0.1, -0.05) is 0 Å². The lowest BCUT2D eigenvalue weighted by molar-refractivity contribution is -0.140. The molecule has 0 radical (unpaired) electrons. The molecular formula is C18H34N4O8S. The van der Waals surface area contributed by atoms with E-state index in [4.69, 9.17) is 26.2 Å². The third-order valence-corrected chi connectivity index (χ3v) is 4.98. The van der Waals surface area contributed by atoms with Gasteiger partial charge in [0.2, 0.25) is 0 Å². The van der Waals surface area contributed by atoms with E-state index in [0.717, 1.165) is 58.2 Å². The zero-order chi connectivity index (χ0) is 23.8. The van der Waals surface area contributed by atoms with Gasteiger partial charge >= 0.3 is 23.9 Å². The third kappa shape index (κ3) is 13.9. The van der Waals surface area contributed by atoms with Gasteiger partial charge in [0.25, 0.3) is 0 Å². The van der Waals surface area contributed by atoms with E-state index < -0.39 is 29.9 Å². The van der Waals surface area contributed by atoms with Gasteiger partial charge in [-0.05, 0) is 58.2 Å². The molecule has 0 aromatic heterocycles. The molecule has 0 saturated carbocycles. The number of nitrogens with one attached hydrogen (secondary N) is 3. The molecule has 4 atom stereocenters. The van der Waals surface area contributed by atoms with Crippen LogP contribution in [0.15, 0.2) is 0 Å². The topological polar surface area (TPSA) is 211 Å². The van der Waals surface area contributed by atoms with Crippen molar-refractivity contribution in [3.63, 3.8) is 0 Å². The maximum Gasteiger partial charge on any atom is 0.321 e. The summed E-state index contributed by atoms with van der Waals surface area (Å²) < 4.78 is 0. The number of thiol groups is 1. The number of aliphatic carboxylic acids is 4. The second-order valence-corrected chi connectivity index (χ2v) is 7.45. The van der Waals surface area contributed by atoms with E-state index in [1.165, 1.54) is 0 Å². The van der Waals surface area contributed by atoms with E-state index >= 15 is 0 Å². The van der Waals surface area contributed by atoms with Crippen LogP contribution < -0.4 is 21.7 Å². The summed E-state index contributed by atoms with van der Waals surface area (Å²) in [6.07, 6.45) is 5.35. The fraction of sp³-hybridized carbons (Fsp3) is 0.778. The molecule has 3 aliphatic heterocycles. The molecule has 0 spiro atoms. The van der Waals surface area contributed by atoms with Gasteiger partial charge in [-0.3, -0.25) is 19.2 Å². The Kier molecular flexibility index (Phi) is 15.7. The van der Waals surface area contributed by atoms with Gasteiger partial charge in [0.15, 0.2) is 0 Å². The van der Waals surface area contributed by atoms with Crippen LogP contribution in [0.2, 0.25) is 0 Å². The Bertz CT molecular complexity index is 501. The zero-order valence-corrected chi connectivity index (χ0v) is 18.2. The highest BCUT2D eigenvalue weighted by atomic mass is 32.1. The van der Waals surface area contributed by atoms with Crippen molar-refractivity contribution in [3.8, 4) is 0 Å². The van der Waals surface area contributed by atoms with Crippen LogP contribution in [-0.2, 0) is 19.2 Å². The summed E-state index contributed by atoms with van der Waals surface area (Å²) in [6, 6.07) is -1.62. The molecule has 0 bridgehead atoms. The Hall–Kier alpha value is -1.93. The molecule has 12 nitrogen and oxygen atoms in total. The van der Waals surface area contributed by atoms with E-state index in [0.29, 0.717) is 0 Å². The first-order valence-corrected chi connectivity index (χ1v) is 10.7. The number of carboxylic acid groups (broad SMARTS) is 4.